The molecule has 1 aliphatic carbocycles. The second kappa shape index (κ2) is 5.24. The summed E-state index contributed by atoms with van der Waals surface area (Å²) in [5, 5.41) is 7.17. The number of rotatable bonds is 3. The highest BCUT2D eigenvalue weighted by molar-refractivity contribution is 7.92. The fourth-order valence-electron chi connectivity index (χ4n) is 2.94. The Morgan fingerprint density at radius 2 is 1.70 bits per heavy atom. The molecule has 0 fully saturated rings. The van der Waals surface area contributed by atoms with Gasteiger partial charge in [0.1, 0.15) is 0 Å². The molecule has 2 N–H and O–H groups in total. The van der Waals surface area contributed by atoms with Crippen LogP contribution in [-0.2, 0) is 22.9 Å². The molecule has 1 aromatic heterocycles. The number of sulfonamides is 1. The van der Waals surface area contributed by atoms with Crippen LogP contribution in [0.3, 0.4) is 0 Å². The van der Waals surface area contributed by atoms with E-state index in [4.69, 9.17) is 0 Å². The molecule has 5 nitrogen and oxygen atoms in total. The molecule has 0 saturated carbocycles. The monoisotopic (exact) mass is 325 g/mol. The molecule has 0 saturated heterocycles. The molecule has 116 valence electrons. The molecule has 0 aliphatic heterocycles. The van der Waals surface area contributed by atoms with Gasteiger partial charge in [-0.1, -0.05) is 42.5 Å². The van der Waals surface area contributed by atoms with Crippen molar-refractivity contribution in [3.05, 3.63) is 65.7 Å². The van der Waals surface area contributed by atoms with E-state index in [1.165, 1.54) is 5.56 Å². The summed E-state index contributed by atoms with van der Waals surface area (Å²) in [6.45, 7) is 0. The predicted molar refractivity (Wildman–Crippen MR) is 88.7 cm³/mol. The highest BCUT2D eigenvalue weighted by atomic mass is 32.2. The minimum absolute atomic E-state index is 0.230. The Morgan fingerprint density at radius 1 is 0.957 bits per heavy atom. The molecule has 23 heavy (non-hydrogen) atoms. The third-order valence-corrected chi connectivity index (χ3v) is 5.44. The summed E-state index contributed by atoms with van der Waals surface area (Å²) < 4.78 is 27.5. The van der Waals surface area contributed by atoms with Gasteiger partial charge in [0.2, 0.25) is 0 Å². The van der Waals surface area contributed by atoms with Crippen LogP contribution in [0.15, 0.2) is 59.5 Å². The number of aromatic nitrogens is 2. The third-order valence-electron chi connectivity index (χ3n) is 4.08. The molecule has 3 aromatic rings. The van der Waals surface area contributed by atoms with Gasteiger partial charge in [0.05, 0.1) is 10.6 Å². The first-order valence-electron chi connectivity index (χ1n) is 7.38. The van der Waals surface area contributed by atoms with Gasteiger partial charge in [-0.05, 0) is 30.5 Å². The van der Waals surface area contributed by atoms with E-state index in [0.29, 0.717) is 5.82 Å². The minimum atomic E-state index is -3.63. The largest absolute Gasteiger partial charge is 0.275 e. The van der Waals surface area contributed by atoms with Crippen LogP contribution in [0.2, 0.25) is 0 Å². The van der Waals surface area contributed by atoms with Gasteiger partial charge in [0, 0.05) is 11.1 Å². The van der Waals surface area contributed by atoms with Crippen molar-refractivity contribution >= 4 is 15.8 Å². The van der Waals surface area contributed by atoms with Gasteiger partial charge in [-0.3, -0.25) is 9.82 Å². The van der Waals surface area contributed by atoms with Crippen LogP contribution in [-0.4, -0.2) is 18.6 Å². The van der Waals surface area contributed by atoms with Gasteiger partial charge in [-0.2, -0.15) is 5.10 Å². The molecule has 1 aliphatic rings. The Labute approximate surface area is 134 Å². The van der Waals surface area contributed by atoms with E-state index in [0.717, 1.165) is 29.7 Å². The zero-order valence-electron chi connectivity index (χ0n) is 12.3. The van der Waals surface area contributed by atoms with Gasteiger partial charge in [0.15, 0.2) is 5.82 Å². The topological polar surface area (TPSA) is 74.8 Å². The third kappa shape index (κ3) is 2.41. The van der Waals surface area contributed by atoms with Crippen molar-refractivity contribution in [2.45, 2.75) is 17.7 Å². The lowest BCUT2D eigenvalue weighted by Gasteiger charge is -2.16. The lowest BCUT2D eigenvalue weighted by Crippen LogP contribution is -2.15. The van der Waals surface area contributed by atoms with E-state index in [2.05, 4.69) is 21.0 Å². The molecule has 0 spiro atoms. The molecular weight excluding hydrogens is 310 g/mol. The van der Waals surface area contributed by atoms with Crippen LogP contribution in [0.5, 0.6) is 0 Å². The number of benzene rings is 2. The first-order valence-corrected chi connectivity index (χ1v) is 8.87. The molecule has 1 heterocycles. The zero-order valence-corrected chi connectivity index (χ0v) is 13.1. The van der Waals surface area contributed by atoms with Crippen molar-refractivity contribution in [3.63, 3.8) is 0 Å². The molecule has 0 radical (unpaired) electrons. The van der Waals surface area contributed by atoms with Crippen LogP contribution in [0, 0.1) is 0 Å². The highest BCUT2D eigenvalue weighted by Crippen LogP contribution is 2.35. The Morgan fingerprint density at radius 3 is 2.52 bits per heavy atom. The van der Waals surface area contributed by atoms with Crippen LogP contribution in [0.4, 0.5) is 5.82 Å². The summed E-state index contributed by atoms with van der Waals surface area (Å²) >= 11 is 0. The normalized spacial score (nSPS) is 13.2. The summed E-state index contributed by atoms with van der Waals surface area (Å²) in [7, 11) is -3.63. The number of aryl methyl sites for hydroxylation is 1. The van der Waals surface area contributed by atoms with Gasteiger partial charge < -0.3 is 0 Å². The summed E-state index contributed by atoms with van der Waals surface area (Å²) in [5.74, 6) is 0.387. The van der Waals surface area contributed by atoms with Gasteiger partial charge in [-0.15, -0.1) is 0 Å². The fraction of sp³-hybridized carbons (Fsp3) is 0.118. The van der Waals surface area contributed by atoms with Crippen molar-refractivity contribution in [1.29, 1.82) is 0 Å². The molecular formula is C17H15N3O2S. The lowest BCUT2D eigenvalue weighted by molar-refractivity contribution is 0.601. The summed E-state index contributed by atoms with van der Waals surface area (Å²) in [6, 6.07) is 16.4. The second-order valence-electron chi connectivity index (χ2n) is 5.50. The molecule has 0 unspecified atom stereocenters. The molecule has 0 amide bonds. The highest BCUT2D eigenvalue weighted by Gasteiger charge is 2.24. The van der Waals surface area contributed by atoms with Gasteiger partial charge in [-0.25, -0.2) is 8.42 Å². The van der Waals surface area contributed by atoms with Crippen LogP contribution in [0.25, 0.3) is 11.3 Å². The maximum Gasteiger partial charge on any atom is 0.263 e. The molecule has 6 heteroatoms. The SMILES string of the molecule is O=S(=O)(Nc1n[nH]c2c1CCc1ccccc1-2)c1ccccc1. The zero-order chi connectivity index (χ0) is 15.9. The molecule has 2 aromatic carbocycles. The van der Waals surface area contributed by atoms with Crippen LogP contribution in [0.1, 0.15) is 11.1 Å². The standard InChI is InChI=1S/C17H15N3O2S/c21-23(22,13-7-2-1-3-8-13)20-17-15-11-10-12-6-4-5-9-14(12)16(15)18-19-17/h1-9H,10-11H2,(H2,18,19,20). The number of H-pyrrole nitrogens is 1. The lowest BCUT2D eigenvalue weighted by atomic mass is 9.90. The first-order chi connectivity index (χ1) is 11.1. The van der Waals surface area contributed by atoms with E-state index in [-0.39, 0.29) is 4.90 Å². The van der Waals surface area contributed by atoms with Gasteiger partial charge >= 0.3 is 0 Å². The number of hydrogen-bond acceptors (Lipinski definition) is 3. The minimum Gasteiger partial charge on any atom is -0.275 e. The Balaban J connectivity index is 1.73. The van der Waals surface area contributed by atoms with E-state index < -0.39 is 10.0 Å². The van der Waals surface area contributed by atoms with Gasteiger partial charge in [0.25, 0.3) is 10.0 Å². The van der Waals surface area contributed by atoms with Crippen LogP contribution < -0.4 is 4.72 Å². The number of aromatic amines is 1. The molecule has 0 bridgehead atoms. The Bertz CT molecular complexity index is 963. The number of nitrogens with one attached hydrogen (secondary N) is 2. The van der Waals surface area contributed by atoms with Crippen LogP contribution >= 0.6 is 0 Å². The van der Waals surface area contributed by atoms with Crippen molar-refractivity contribution in [2.24, 2.45) is 0 Å². The second-order valence-corrected chi connectivity index (χ2v) is 7.18. The smallest absolute Gasteiger partial charge is 0.263 e. The summed E-state index contributed by atoms with van der Waals surface area (Å²) in [4.78, 5) is 0.230. The van der Waals surface area contributed by atoms with E-state index in [1.807, 2.05) is 18.2 Å². The maximum atomic E-state index is 12.5. The number of hydrogen-bond donors (Lipinski definition) is 2. The average molecular weight is 325 g/mol. The van der Waals surface area contributed by atoms with Crippen molar-refractivity contribution < 1.29 is 8.42 Å². The van der Waals surface area contributed by atoms with E-state index >= 15 is 0 Å². The summed E-state index contributed by atoms with van der Waals surface area (Å²) in [6.07, 6.45) is 1.64. The van der Waals surface area contributed by atoms with E-state index in [9.17, 15) is 8.42 Å². The Hall–Kier alpha value is -2.60. The average Bonchev–Trinajstić information content (AvgIpc) is 2.98. The maximum absolute atomic E-state index is 12.5. The predicted octanol–water partition coefficient (Wildman–Crippen LogP) is 2.98. The fourth-order valence-corrected chi connectivity index (χ4v) is 4.00. The molecule has 4 rings (SSSR count). The quantitative estimate of drug-likeness (QED) is 0.777. The van der Waals surface area contributed by atoms with E-state index in [1.54, 1.807) is 30.3 Å². The van der Waals surface area contributed by atoms with Crippen molar-refractivity contribution in [2.75, 3.05) is 4.72 Å². The van der Waals surface area contributed by atoms with Crippen molar-refractivity contribution in [3.8, 4) is 11.3 Å². The number of nitrogens with zero attached hydrogens (tertiary/aromatic N) is 1. The summed E-state index contributed by atoms with van der Waals surface area (Å²) in [5.41, 5.74) is 4.16. The number of fused-ring (bicyclic) bond motifs is 3. The Kier molecular flexibility index (Phi) is 3.20. The first kappa shape index (κ1) is 14.0. The molecule has 0 atom stereocenters. The van der Waals surface area contributed by atoms with Crippen molar-refractivity contribution in [1.82, 2.24) is 10.2 Å². The number of anilines is 1.